The lowest BCUT2D eigenvalue weighted by Crippen LogP contribution is -2.28. The number of hydrogen-bond acceptors (Lipinski definition) is 3. The number of rotatable bonds is 6. The van der Waals surface area contributed by atoms with Crippen LogP contribution in [0.3, 0.4) is 0 Å². The van der Waals surface area contributed by atoms with Gasteiger partial charge in [-0.2, -0.15) is 0 Å². The third kappa shape index (κ3) is 3.49. The van der Waals surface area contributed by atoms with Gasteiger partial charge in [0, 0.05) is 38.4 Å². The van der Waals surface area contributed by atoms with Gasteiger partial charge in [-0.3, -0.25) is 0 Å². The number of pyridine rings is 1. The average molecular weight is 221 g/mol. The van der Waals surface area contributed by atoms with E-state index in [9.17, 15) is 0 Å². The molecule has 1 aromatic heterocycles. The van der Waals surface area contributed by atoms with E-state index in [1.54, 1.807) is 0 Å². The van der Waals surface area contributed by atoms with E-state index in [-0.39, 0.29) is 0 Å². The van der Waals surface area contributed by atoms with Crippen molar-refractivity contribution in [1.29, 1.82) is 0 Å². The maximum atomic E-state index is 4.39. The summed E-state index contributed by atoms with van der Waals surface area (Å²) < 4.78 is 0. The number of nitrogens with zero attached hydrogens (tertiary/aromatic N) is 2. The second-order valence-electron chi connectivity index (χ2n) is 4.27. The minimum atomic E-state index is 0.607. The van der Waals surface area contributed by atoms with Gasteiger partial charge in [0.05, 0.1) is 0 Å². The molecule has 0 saturated heterocycles. The summed E-state index contributed by atoms with van der Waals surface area (Å²) in [5.41, 5.74) is 1.26. The number of anilines is 1. The molecule has 0 aromatic carbocycles. The second kappa shape index (κ2) is 6.48. The molecule has 90 valence electrons. The first kappa shape index (κ1) is 13.0. The standard InChI is InChI=1S/C13H23N3/c1-5-12(6-2)15-10-11-8-7-9-14-13(11)16(3)4/h7-9,12,15H,5-6,10H2,1-4H3. The van der Waals surface area contributed by atoms with Gasteiger partial charge in [-0.1, -0.05) is 19.9 Å². The van der Waals surface area contributed by atoms with Crippen LogP contribution in [0.25, 0.3) is 0 Å². The molecule has 0 atom stereocenters. The molecule has 0 unspecified atom stereocenters. The predicted octanol–water partition coefficient (Wildman–Crippen LogP) is 2.43. The van der Waals surface area contributed by atoms with Gasteiger partial charge in [0.2, 0.25) is 0 Å². The van der Waals surface area contributed by atoms with E-state index < -0.39 is 0 Å². The molecule has 1 heterocycles. The van der Waals surface area contributed by atoms with Gasteiger partial charge in [0.25, 0.3) is 0 Å². The Morgan fingerprint density at radius 1 is 1.31 bits per heavy atom. The van der Waals surface area contributed by atoms with Crippen LogP contribution in [0.2, 0.25) is 0 Å². The second-order valence-corrected chi connectivity index (χ2v) is 4.27. The molecule has 1 aromatic rings. The van der Waals surface area contributed by atoms with Crippen LogP contribution in [-0.2, 0) is 6.54 Å². The van der Waals surface area contributed by atoms with Crippen LogP contribution in [0.15, 0.2) is 18.3 Å². The molecule has 0 spiro atoms. The summed E-state index contributed by atoms with van der Waals surface area (Å²) in [6.07, 6.45) is 4.19. The van der Waals surface area contributed by atoms with Crippen molar-refractivity contribution >= 4 is 5.82 Å². The minimum absolute atomic E-state index is 0.607. The van der Waals surface area contributed by atoms with E-state index in [2.05, 4.69) is 35.1 Å². The third-order valence-electron chi connectivity index (χ3n) is 2.86. The monoisotopic (exact) mass is 221 g/mol. The van der Waals surface area contributed by atoms with Crippen LogP contribution in [0.1, 0.15) is 32.3 Å². The SMILES string of the molecule is CCC(CC)NCc1cccnc1N(C)C. The first-order valence-corrected chi connectivity index (χ1v) is 6.03. The Morgan fingerprint density at radius 3 is 2.56 bits per heavy atom. The summed E-state index contributed by atoms with van der Waals surface area (Å²) in [6.45, 7) is 5.34. The number of nitrogens with one attached hydrogen (secondary N) is 1. The zero-order valence-electron chi connectivity index (χ0n) is 10.8. The van der Waals surface area contributed by atoms with Crippen molar-refractivity contribution in [1.82, 2.24) is 10.3 Å². The van der Waals surface area contributed by atoms with E-state index in [0.29, 0.717) is 6.04 Å². The number of hydrogen-bond donors (Lipinski definition) is 1. The summed E-state index contributed by atoms with van der Waals surface area (Å²) in [5, 5.41) is 3.56. The highest BCUT2D eigenvalue weighted by Gasteiger charge is 2.07. The van der Waals surface area contributed by atoms with Crippen molar-refractivity contribution in [3.63, 3.8) is 0 Å². The van der Waals surface area contributed by atoms with Gasteiger partial charge < -0.3 is 10.2 Å². The highest BCUT2D eigenvalue weighted by Crippen LogP contribution is 2.14. The van der Waals surface area contributed by atoms with Gasteiger partial charge >= 0.3 is 0 Å². The average Bonchev–Trinajstić information content (AvgIpc) is 2.30. The van der Waals surface area contributed by atoms with E-state index in [1.165, 1.54) is 18.4 Å². The van der Waals surface area contributed by atoms with Crippen LogP contribution in [0, 0.1) is 0 Å². The predicted molar refractivity (Wildman–Crippen MR) is 69.8 cm³/mol. The van der Waals surface area contributed by atoms with Crippen LogP contribution >= 0.6 is 0 Å². The summed E-state index contributed by atoms with van der Waals surface area (Å²) in [4.78, 5) is 6.45. The molecular formula is C13H23N3. The van der Waals surface area contributed by atoms with Crippen molar-refractivity contribution in [3.8, 4) is 0 Å². The Morgan fingerprint density at radius 2 is 2.00 bits per heavy atom. The Labute approximate surface area is 98.9 Å². The van der Waals surface area contributed by atoms with Gasteiger partial charge in [-0.25, -0.2) is 4.98 Å². The zero-order valence-corrected chi connectivity index (χ0v) is 10.8. The first-order chi connectivity index (χ1) is 7.69. The smallest absolute Gasteiger partial charge is 0.132 e. The Bertz CT molecular complexity index is 306. The highest BCUT2D eigenvalue weighted by molar-refractivity contribution is 5.44. The van der Waals surface area contributed by atoms with Crippen molar-refractivity contribution < 1.29 is 0 Å². The van der Waals surface area contributed by atoms with E-state index in [1.807, 2.05) is 26.4 Å². The van der Waals surface area contributed by atoms with Crippen molar-refractivity contribution in [2.45, 2.75) is 39.3 Å². The van der Waals surface area contributed by atoms with Crippen molar-refractivity contribution in [3.05, 3.63) is 23.9 Å². The topological polar surface area (TPSA) is 28.2 Å². The Balaban J connectivity index is 2.66. The van der Waals surface area contributed by atoms with Gasteiger partial charge in [0.15, 0.2) is 0 Å². The molecule has 1 rings (SSSR count). The highest BCUT2D eigenvalue weighted by atomic mass is 15.1. The lowest BCUT2D eigenvalue weighted by molar-refractivity contribution is 0.484. The molecular weight excluding hydrogens is 198 g/mol. The molecule has 0 aliphatic carbocycles. The first-order valence-electron chi connectivity index (χ1n) is 6.03. The normalized spacial score (nSPS) is 10.8. The maximum Gasteiger partial charge on any atom is 0.132 e. The zero-order chi connectivity index (χ0) is 12.0. The van der Waals surface area contributed by atoms with Crippen molar-refractivity contribution in [2.24, 2.45) is 0 Å². The maximum absolute atomic E-state index is 4.39. The minimum Gasteiger partial charge on any atom is -0.362 e. The summed E-state index contributed by atoms with van der Waals surface area (Å²) in [6, 6.07) is 4.74. The molecule has 0 aliphatic rings. The van der Waals surface area contributed by atoms with E-state index >= 15 is 0 Å². The molecule has 0 radical (unpaired) electrons. The molecule has 0 aliphatic heterocycles. The van der Waals surface area contributed by atoms with E-state index in [0.717, 1.165) is 12.4 Å². The fourth-order valence-electron chi connectivity index (χ4n) is 1.80. The molecule has 16 heavy (non-hydrogen) atoms. The van der Waals surface area contributed by atoms with Crippen LogP contribution in [0.5, 0.6) is 0 Å². The van der Waals surface area contributed by atoms with Gasteiger partial charge in [-0.15, -0.1) is 0 Å². The molecule has 1 N–H and O–H groups in total. The lowest BCUT2D eigenvalue weighted by Gasteiger charge is -2.19. The summed E-state index contributed by atoms with van der Waals surface area (Å²) >= 11 is 0. The lowest BCUT2D eigenvalue weighted by atomic mass is 10.1. The van der Waals surface area contributed by atoms with Crippen molar-refractivity contribution in [2.75, 3.05) is 19.0 Å². The molecule has 3 nitrogen and oxygen atoms in total. The van der Waals surface area contributed by atoms with E-state index in [4.69, 9.17) is 0 Å². The Kier molecular flexibility index (Phi) is 5.26. The number of aromatic nitrogens is 1. The largest absolute Gasteiger partial charge is 0.362 e. The van der Waals surface area contributed by atoms with Gasteiger partial charge in [-0.05, 0) is 18.9 Å². The Hall–Kier alpha value is -1.09. The van der Waals surface area contributed by atoms with Crippen LogP contribution < -0.4 is 10.2 Å². The fraction of sp³-hybridized carbons (Fsp3) is 0.615. The molecule has 3 heteroatoms. The van der Waals surface area contributed by atoms with Gasteiger partial charge in [0.1, 0.15) is 5.82 Å². The molecule has 0 bridgehead atoms. The van der Waals surface area contributed by atoms with Crippen LogP contribution in [-0.4, -0.2) is 25.1 Å². The summed E-state index contributed by atoms with van der Waals surface area (Å²) in [5.74, 6) is 1.06. The molecule has 0 saturated carbocycles. The summed E-state index contributed by atoms with van der Waals surface area (Å²) in [7, 11) is 4.06. The molecule has 0 amide bonds. The van der Waals surface area contributed by atoms with Crippen LogP contribution in [0.4, 0.5) is 5.82 Å². The third-order valence-corrected chi connectivity index (χ3v) is 2.86. The fourth-order valence-corrected chi connectivity index (χ4v) is 1.80. The quantitative estimate of drug-likeness (QED) is 0.799. The molecule has 0 fully saturated rings.